The second-order valence-corrected chi connectivity index (χ2v) is 8.55. The van der Waals surface area contributed by atoms with Crippen LogP contribution in [0, 0.1) is 0 Å². The van der Waals surface area contributed by atoms with Crippen LogP contribution in [0.1, 0.15) is 115 Å². The fraction of sp³-hybridized carbons (Fsp3) is 0.667. The highest BCUT2D eigenvalue weighted by molar-refractivity contribution is 5.87. The van der Waals surface area contributed by atoms with Crippen molar-refractivity contribution in [3.05, 3.63) is 29.8 Å². The number of ether oxygens (including phenoxy) is 1. The van der Waals surface area contributed by atoms with E-state index in [0.717, 1.165) is 12.8 Å². The van der Waals surface area contributed by atoms with E-state index in [9.17, 15) is 15.0 Å². The SMILES string of the molecule is CCCCCCCCCCCCCCCCCCOC(=O)/C=C/c1ccc(O)c(O)c1. The number of phenols is 2. The van der Waals surface area contributed by atoms with Gasteiger partial charge in [0, 0.05) is 6.08 Å². The molecule has 0 unspecified atom stereocenters. The van der Waals surface area contributed by atoms with Crippen LogP contribution in [0.3, 0.4) is 0 Å². The number of rotatable bonds is 19. The smallest absolute Gasteiger partial charge is 0.330 e. The summed E-state index contributed by atoms with van der Waals surface area (Å²) >= 11 is 0. The fourth-order valence-corrected chi connectivity index (χ4v) is 3.68. The maximum Gasteiger partial charge on any atom is 0.330 e. The first-order valence-corrected chi connectivity index (χ1v) is 12.5. The van der Waals surface area contributed by atoms with Gasteiger partial charge in [0.15, 0.2) is 11.5 Å². The quantitative estimate of drug-likeness (QED) is 0.101. The van der Waals surface area contributed by atoms with Crippen molar-refractivity contribution in [1.82, 2.24) is 0 Å². The van der Waals surface area contributed by atoms with Crippen LogP contribution in [0.2, 0.25) is 0 Å². The molecular weight excluding hydrogens is 388 g/mol. The number of carbonyl (C=O) groups excluding carboxylic acids is 1. The van der Waals surface area contributed by atoms with Crippen LogP contribution in [0.15, 0.2) is 24.3 Å². The number of hydrogen-bond donors (Lipinski definition) is 2. The molecule has 0 aliphatic carbocycles. The van der Waals surface area contributed by atoms with Gasteiger partial charge >= 0.3 is 5.97 Å². The minimum absolute atomic E-state index is 0.178. The van der Waals surface area contributed by atoms with Crippen molar-refractivity contribution in [2.24, 2.45) is 0 Å². The Bertz CT molecular complexity index is 609. The maximum atomic E-state index is 11.7. The average molecular weight is 433 g/mol. The second-order valence-electron chi connectivity index (χ2n) is 8.55. The molecule has 4 nitrogen and oxygen atoms in total. The van der Waals surface area contributed by atoms with E-state index in [1.54, 1.807) is 12.1 Å². The molecule has 0 saturated heterocycles. The number of esters is 1. The molecule has 176 valence electrons. The van der Waals surface area contributed by atoms with E-state index in [-0.39, 0.29) is 17.5 Å². The molecule has 1 aromatic rings. The molecule has 2 N–H and O–H groups in total. The standard InChI is InChI=1S/C27H44O4/c1-2-3-4-5-6-7-8-9-10-11-12-13-14-15-16-17-22-31-27(30)21-19-24-18-20-25(28)26(29)23-24/h18-21,23,28-29H,2-17,22H2,1H3/b21-19+. The summed E-state index contributed by atoms with van der Waals surface area (Å²) in [6, 6.07) is 4.40. The molecule has 0 aliphatic heterocycles. The van der Waals surface area contributed by atoms with Crippen molar-refractivity contribution >= 4 is 12.0 Å². The summed E-state index contributed by atoms with van der Waals surface area (Å²) in [7, 11) is 0. The van der Waals surface area contributed by atoms with Gasteiger partial charge in [0.1, 0.15) is 0 Å². The summed E-state index contributed by atoms with van der Waals surface area (Å²) in [6.07, 6.45) is 24.1. The van der Waals surface area contributed by atoms with Gasteiger partial charge in [0.25, 0.3) is 0 Å². The van der Waals surface area contributed by atoms with Gasteiger partial charge in [-0.3, -0.25) is 0 Å². The molecule has 0 radical (unpaired) electrons. The van der Waals surface area contributed by atoms with E-state index in [1.807, 2.05) is 0 Å². The van der Waals surface area contributed by atoms with Crippen LogP contribution in [0.5, 0.6) is 11.5 Å². The molecule has 0 bridgehead atoms. The van der Waals surface area contributed by atoms with Crippen molar-refractivity contribution in [2.45, 2.75) is 110 Å². The van der Waals surface area contributed by atoms with Crippen LogP contribution >= 0.6 is 0 Å². The molecular formula is C27H44O4. The molecule has 4 heteroatoms. The third-order valence-corrected chi connectivity index (χ3v) is 5.65. The average Bonchev–Trinajstić information content (AvgIpc) is 2.76. The summed E-state index contributed by atoms with van der Waals surface area (Å²) < 4.78 is 5.20. The summed E-state index contributed by atoms with van der Waals surface area (Å²) in [4.78, 5) is 11.7. The Labute approximate surface area is 189 Å². The molecule has 0 atom stereocenters. The van der Waals surface area contributed by atoms with E-state index in [2.05, 4.69) is 6.92 Å². The third-order valence-electron chi connectivity index (χ3n) is 5.65. The lowest BCUT2D eigenvalue weighted by Gasteiger charge is -2.04. The monoisotopic (exact) mass is 432 g/mol. The lowest BCUT2D eigenvalue weighted by molar-refractivity contribution is -0.137. The van der Waals surface area contributed by atoms with E-state index in [4.69, 9.17) is 4.74 Å². The Balaban J connectivity index is 1.85. The van der Waals surface area contributed by atoms with Gasteiger partial charge in [-0.15, -0.1) is 0 Å². The number of carbonyl (C=O) groups is 1. The second kappa shape index (κ2) is 18.8. The zero-order valence-corrected chi connectivity index (χ0v) is 19.6. The molecule has 0 aliphatic rings. The Morgan fingerprint density at radius 3 is 1.71 bits per heavy atom. The Kier molecular flexibility index (Phi) is 16.4. The van der Waals surface area contributed by atoms with Crippen LogP contribution < -0.4 is 0 Å². The topological polar surface area (TPSA) is 66.8 Å². The number of benzene rings is 1. The fourth-order valence-electron chi connectivity index (χ4n) is 3.68. The van der Waals surface area contributed by atoms with Gasteiger partial charge < -0.3 is 14.9 Å². The Morgan fingerprint density at radius 1 is 0.742 bits per heavy atom. The lowest BCUT2D eigenvalue weighted by atomic mass is 10.0. The van der Waals surface area contributed by atoms with E-state index in [1.165, 1.54) is 108 Å². The van der Waals surface area contributed by atoms with Crippen LogP contribution in [0.25, 0.3) is 6.08 Å². The largest absolute Gasteiger partial charge is 0.504 e. The highest BCUT2D eigenvalue weighted by Crippen LogP contribution is 2.25. The van der Waals surface area contributed by atoms with Crippen molar-refractivity contribution in [2.75, 3.05) is 6.61 Å². The van der Waals surface area contributed by atoms with Crippen LogP contribution in [0.4, 0.5) is 0 Å². The van der Waals surface area contributed by atoms with E-state index < -0.39 is 0 Å². The minimum Gasteiger partial charge on any atom is -0.504 e. The molecule has 1 aromatic carbocycles. The molecule has 0 aromatic heterocycles. The van der Waals surface area contributed by atoms with Gasteiger partial charge in [-0.2, -0.15) is 0 Å². The van der Waals surface area contributed by atoms with Gasteiger partial charge in [-0.05, 0) is 30.2 Å². The van der Waals surface area contributed by atoms with Crippen LogP contribution in [-0.2, 0) is 9.53 Å². The zero-order valence-electron chi connectivity index (χ0n) is 19.6. The number of unbranched alkanes of at least 4 members (excludes halogenated alkanes) is 15. The predicted molar refractivity (Wildman–Crippen MR) is 129 cm³/mol. The molecule has 1 rings (SSSR count). The van der Waals surface area contributed by atoms with Gasteiger partial charge in [-0.1, -0.05) is 109 Å². The first-order chi connectivity index (χ1) is 15.1. The summed E-state index contributed by atoms with van der Waals surface area (Å²) in [5.74, 6) is -0.763. The zero-order chi connectivity index (χ0) is 22.6. The summed E-state index contributed by atoms with van der Waals surface area (Å²) in [5, 5.41) is 18.7. The van der Waals surface area contributed by atoms with E-state index in [0.29, 0.717) is 12.2 Å². The van der Waals surface area contributed by atoms with Gasteiger partial charge in [-0.25, -0.2) is 4.79 Å². The third kappa shape index (κ3) is 15.5. The Morgan fingerprint density at radius 2 is 1.23 bits per heavy atom. The van der Waals surface area contributed by atoms with Gasteiger partial charge in [0.05, 0.1) is 6.61 Å². The van der Waals surface area contributed by atoms with Crippen LogP contribution in [-0.4, -0.2) is 22.8 Å². The van der Waals surface area contributed by atoms with Gasteiger partial charge in [0.2, 0.25) is 0 Å². The van der Waals surface area contributed by atoms with Crippen molar-refractivity contribution in [3.8, 4) is 11.5 Å². The van der Waals surface area contributed by atoms with Crippen molar-refractivity contribution in [1.29, 1.82) is 0 Å². The maximum absolute atomic E-state index is 11.7. The number of phenolic OH excluding ortho intramolecular Hbond substituents is 2. The summed E-state index contributed by atoms with van der Waals surface area (Å²) in [5.41, 5.74) is 0.634. The molecule has 0 saturated carbocycles. The first-order valence-electron chi connectivity index (χ1n) is 12.5. The first kappa shape index (κ1) is 27.1. The highest BCUT2D eigenvalue weighted by atomic mass is 16.5. The molecule has 0 heterocycles. The molecule has 0 fully saturated rings. The molecule has 31 heavy (non-hydrogen) atoms. The summed E-state index contributed by atoms with van der Waals surface area (Å²) in [6.45, 7) is 2.72. The van der Waals surface area contributed by atoms with Crippen molar-refractivity contribution in [3.63, 3.8) is 0 Å². The lowest BCUT2D eigenvalue weighted by Crippen LogP contribution is -2.02. The number of hydrogen-bond acceptors (Lipinski definition) is 4. The normalized spacial score (nSPS) is 11.3. The highest BCUT2D eigenvalue weighted by Gasteiger charge is 2.01. The minimum atomic E-state index is -0.381. The predicted octanol–water partition coefficient (Wildman–Crippen LogP) is 7.92. The van der Waals surface area contributed by atoms with E-state index >= 15 is 0 Å². The molecule has 0 spiro atoms. The number of aromatic hydroxyl groups is 2. The molecule has 0 amide bonds. The van der Waals surface area contributed by atoms with Crippen molar-refractivity contribution < 1.29 is 19.7 Å². The Hall–Kier alpha value is -1.97.